The average molecular weight is 521 g/mol. The van der Waals surface area contributed by atoms with Gasteiger partial charge in [-0.2, -0.15) is 0 Å². The van der Waals surface area contributed by atoms with E-state index in [2.05, 4.69) is 9.88 Å². The lowest BCUT2D eigenvalue weighted by Gasteiger charge is -2.41. The van der Waals surface area contributed by atoms with E-state index >= 15 is 4.39 Å². The molecule has 1 atom stereocenters. The molecule has 36 heavy (non-hydrogen) atoms. The molecular formula is C28H32ClF3N2O2. The van der Waals surface area contributed by atoms with Gasteiger partial charge in [0, 0.05) is 29.8 Å². The Morgan fingerprint density at radius 2 is 1.86 bits per heavy atom. The van der Waals surface area contributed by atoms with Gasteiger partial charge in [0.2, 0.25) is 0 Å². The monoisotopic (exact) mass is 520 g/mol. The topological polar surface area (TPSA) is 45.6 Å². The number of methoxy groups -OCH3 is 1. The second-order valence-electron chi connectivity index (χ2n) is 9.79. The van der Waals surface area contributed by atoms with Crippen molar-refractivity contribution in [2.45, 2.75) is 44.7 Å². The Labute approximate surface area is 215 Å². The van der Waals surface area contributed by atoms with Crippen LogP contribution in [-0.2, 0) is 6.42 Å². The molecular weight excluding hydrogens is 489 g/mol. The lowest BCUT2D eigenvalue weighted by Crippen LogP contribution is -2.42. The maximum Gasteiger partial charge on any atom is 0.127 e. The number of aliphatic hydroxyl groups is 1. The molecule has 1 aromatic heterocycles. The molecule has 4 rings (SSSR count). The Morgan fingerprint density at radius 1 is 1.14 bits per heavy atom. The van der Waals surface area contributed by atoms with Crippen molar-refractivity contribution < 1.29 is 23.0 Å². The quantitative estimate of drug-likeness (QED) is 0.324. The summed E-state index contributed by atoms with van der Waals surface area (Å²) in [5.74, 6) is -0.495. The van der Waals surface area contributed by atoms with Crippen LogP contribution in [0.5, 0.6) is 5.75 Å². The molecule has 8 heteroatoms. The van der Waals surface area contributed by atoms with Crippen molar-refractivity contribution in [3.8, 4) is 5.75 Å². The van der Waals surface area contributed by atoms with E-state index in [9.17, 15) is 13.9 Å². The Morgan fingerprint density at radius 3 is 2.53 bits per heavy atom. The van der Waals surface area contributed by atoms with E-state index in [1.807, 2.05) is 0 Å². The number of aromatic nitrogens is 1. The zero-order chi connectivity index (χ0) is 25.7. The molecule has 0 radical (unpaired) electrons. The third kappa shape index (κ3) is 6.31. The largest absolute Gasteiger partial charge is 0.497 e. The van der Waals surface area contributed by atoms with E-state index in [4.69, 9.17) is 16.3 Å². The summed E-state index contributed by atoms with van der Waals surface area (Å²) in [6.45, 7) is 2.41. The summed E-state index contributed by atoms with van der Waals surface area (Å²) in [6, 6.07) is 8.96. The molecule has 0 saturated carbocycles. The number of nitrogens with zero attached hydrogens (tertiary/aromatic N) is 2. The van der Waals surface area contributed by atoms with Gasteiger partial charge in [0.25, 0.3) is 0 Å². The SMILES string of the molecule is COc1ccc2ncc(Cl)c([C@H](F)CCC3(CO)CCN(CCCc4cc(F)cc(F)c4)CC3)c2c1. The number of alkyl halides is 1. The first-order chi connectivity index (χ1) is 17.3. The Bertz CT molecular complexity index is 1160. The fourth-order valence-corrected chi connectivity index (χ4v) is 5.46. The van der Waals surface area contributed by atoms with Crippen molar-refractivity contribution in [2.75, 3.05) is 33.4 Å². The second-order valence-corrected chi connectivity index (χ2v) is 10.2. The maximum absolute atomic E-state index is 15.6. The zero-order valence-electron chi connectivity index (χ0n) is 20.5. The van der Waals surface area contributed by atoms with E-state index in [1.165, 1.54) is 18.3 Å². The molecule has 1 fully saturated rings. The molecule has 1 N–H and O–H groups in total. The minimum atomic E-state index is -1.29. The van der Waals surface area contributed by atoms with Crippen LogP contribution in [0.3, 0.4) is 0 Å². The smallest absolute Gasteiger partial charge is 0.127 e. The molecule has 1 aliphatic rings. The molecule has 3 aromatic rings. The number of aryl methyl sites for hydroxylation is 1. The number of pyridine rings is 1. The normalized spacial score (nSPS) is 16.8. The van der Waals surface area contributed by atoms with Gasteiger partial charge in [0.15, 0.2) is 0 Å². The third-order valence-corrected chi connectivity index (χ3v) is 7.72. The number of halogens is 4. The highest BCUT2D eigenvalue weighted by Gasteiger charge is 2.35. The van der Waals surface area contributed by atoms with Crippen LogP contribution in [0.4, 0.5) is 13.2 Å². The second kappa shape index (κ2) is 11.8. The summed E-state index contributed by atoms with van der Waals surface area (Å²) in [4.78, 5) is 6.60. The minimum Gasteiger partial charge on any atom is -0.497 e. The molecule has 0 unspecified atom stereocenters. The number of hydrogen-bond acceptors (Lipinski definition) is 4. The third-order valence-electron chi connectivity index (χ3n) is 7.42. The summed E-state index contributed by atoms with van der Waals surface area (Å²) in [7, 11) is 1.56. The van der Waals surface area contributed by atoms with E-state index in [-0.39, 0.29) is 23.5 Å². The number of piperidine rings is 1. The van der Waals surface area contributed by atoms with Gasteiger partial charge in [-0.15, -0.1) is 0 Å². The fraction of sp³-hybridized carbons (Fsp3) is 0.464. The number of likely N-dealkylation sites (tertiary alicyclic amines) is 1. The van der Waals surface area contributed by atoms with Crippen LogP contribution in [0.1, 0.15) is 49.4 Å². The summed E-state index contributed by atoms with van der Waals surface area (Å²) < 4.78 is 47.7. The summed E-state index contributed by atoms with van der Waals surface area (Å²) in [6.07, 6.45) is 3.92. The predicted molar refractivity (Wildman–Crippen MR) is 136 cm³/mol. The Balaban J connectivity index is 1.33. The van der Waals surface area contributed by atoms with E-state index in [0.29, 0.717) is 40.6 Å². The number of fused-ring (bicyclic) bond motifs is 1. The highest BCUT2D eigenvalue weighted by atomic mass is 35.5. The number of benzene rings is 2. The van der Waals surface area contributed by atoms with Crippen LogP contribution in [0.25, 0.3) is 10.9 Å². The summed E-state index contributed by atoms with van der Waals surface area (Å²) in [5, 5.41) is 11.1. The fourth-order valence-electron chi connectivity index (χ4n) is 5.19. The van der Waals surface area contributed by atoms with Gasteiger partial charge in [-0.1, -0.05) is 11.6 Å². The van der Waals surface area contributed by atoms with E-state index in [1.54, 1.807) is 25.3 Å². The molecule has 0 amide bonds. The van der Waals surface area contributed by atoms with Crippen molar-refractivity contribution >= 4 is 22.5 Å². The Hall–Kier alpha value is -2.35. The first-order valence-electron chi connectivity index (χ1n) is 12.4. The van der Waals surface area contributed by atoms with Crippen LogP contribution >= 0.6 is 11.6 Å². The molecule has 0 bridgehead atoms. The van der Waals surface area contributed by atoms with Crippen LogP contribution in [0.15, 0.2) is 42.6 Å². The molecule has 1 saturated heterocycles. The molecule has 194 valence electrons. The summed E-state index contributed by atoms with van der Waals surface area (Å²) >= 11 is 6.37. The van der Waals surface area contributed by atoms with Crippen molar-refractivity contribution in [3.63, 3.8) is 0 Å². The first-order valence-corrected chi connectivity index (χ1v) is 12.7. The van der Waals surface area contributed by atoms with Gasteiger partial charge in [0.1, 0.15) is 23.6 Å². The van der Waals surface area contributed by atoms with Crippen LogP contribution in [-0.4, -0.2) is 48.3 Å². The molecule has 4 nitrogen and oxygen atoms in total. The van der Waals surface area contributed by atoms with E-state index in [0.717, 1.165) is 45.0 Å². The first kappa shape index (κ1) is 26.7. The molecule has 2 aromatic carbocycles. The van der Waals surface area contributed by atoms with Gasteiger partial charge >= 0.3 is 0 Å². The van der Waals surface area contributed by atoms with Crippen LogP contribution in [0, 0.1) is 17.0 Å². The standard InChI is InChI=1S/C28H32ClF3N2O2/c1-36-22-4-5-26-23(16-22)27(24(29)17-33-26)25(32)6-7-28(18-35)8-11-34(12-9-28)10-2-3-19-13-20(30)15-21(31)14-19/h4-5,13-17,25,35H,2-3,6-12,18H2,1H3/t25-/m1/s1. The van der Waals surface area contributed by atoms with Crippen molar-refractivity contribution in [2.24, 2.45) is 5.41 Å². The van der Waals surface area contributed by atoms with Crippen molar-refractivity contribution in [1.29, 1.82) is 0 Å². The molecule has 0 aliphatic carbocycles. The molecule has 0 spiro atoms. The highest BCUT2D eigenvalue weighted by Crippen LogP contribution is 2.41. The van der Waals surface area contributed by atoms with Crippen LogP contribution in [0.2, 0.25) is 5.02 Å². The zero-order valence-corrected chi connectivity index (χ0v) is 21.2. The Kier molecular flexibility index (Phi) is 8.75. The number of rotatable bonds is 10. The maximum atomic E-state index is 15.6. The minimum absolute atomic E-state index is 0.00871. The van der Waals surface area contributed by atoms with E-state index < -0.39 is 17.8 Å². The van der Waals surface area contributed by atoms with Gasteiger partial charge in [-0.25, -0.2) is 13.2 Å². The summed E-state index contributed by atoms with van der Waals surface area (Å²) in [5.41, 5.74) is 1.39. The van der Waals surface area contributed by atoms with Crippen LogP contribution < -0.4 is 4.74 Å². The van der Waals surface area contributed by atoms with Gasteiger partial charge < -0.3 is 14.7 Å². The van der Waals surface area contributed by atoms with Crippen molar-refractivity contribution in [3.05, 3.63) is 70.4 Å². The van der Waals surface area contributed by atoms with Crippen molar-refractivity contribution in [1.82, 2.24) is 9.88 Å². The lowest BCUT2D eigenvalue weighted by molar-refractivity contribution is 0.0300. The van der Waals surface area contributed by atoms with Gasteiger partial charge in [0.05, 0.1) is 17.6 Å². The molecule has 1 aliphatic heterocycles. The van der Waals surface area contributed by atoms with Gasteiger partial charge in [-0.3, -0.25) is 4.98 Å². The lowest BCUT2D eigenvalue weighted by atomic mass is 9.74. The predicted octanol–water partition coefficient (Wildman–Crippen LogP) is 6.67. The number of aliphatic hydroxyl groups excluding tert-OH is 1. The average Bonchev–Trinajstić information content (AvgIpc) is 2.87. The number of hydrogen-bond donors (Lipinski definition) is 1. The highest BCUT2D eigenvalue weighted by molar-refractivity contribution is 6.32. The molecule has 2 heterocycles. The van der Waals surface area contributed by atoms with Gasteiger partial charge in [-0.05, 0) is 99.5 Å². The number of ether oxygens (including phenoxy) is 1.